The van der Waals surface area contributed by atoms with Gasteiger partial charge in [-0.2, -0.15) is 0 Å². The van der Waals surface area contributed by atoms with Gasteiger partial charge >= 0.3 is 5.97 Å². The second-order valence-electron chi connectivity index (χ2n) is 5.24. The third-order valence-electron chi connectivity index (χ3n) is 3.88. The van der Waals surface area contributed by atoms with Crippen molar-refractivity contribution < 1.29 is 14.7 Å². The fourth-order valence-corrected chi connectivity index (χ4v) is 2.69. The minimum absolute atomic E-state index is 0.0728. The Hall–Kier alpha value is -1.14. The average Bonchev–Trinajstić information content (AvgIpc) is 2.75. The average molecular weight is 255 g/mol. The van der Waals surface area contributed by atoms with Crippen LogP contribution in [0.25, 0.3) is 0 Å². The normalized spacial score (nSPS) is 29.5. The van der Waals surface area contributed by atoms with Gasteiger partial charge in [-0.3, -0.25) is 14.5 Å². The number of amides is 1. The number of rotatable bonds is 3. The van der Waals surface area contributed by atoms with E-state index in [4.69, 9.17) is 5.11 Å². The van der Waals surface area contributed by atoms with Crippen molar-refractivity contribution in [1.29, 1.82) is 0 Å². The summed E-state index contributed by atoms with van der Waals surface area (Å²) in [6.07, 6.45) is 0. The van der Waals surface area contributed by atoms with E-state index >= 15 is 0 Å². The molecule has 0 spiro atoms. The molecule has 2 unspecified atom stereocenters. The van der Waals surface area contributed by atoms with Crippen LogP contribution in [0.3, 0.4) is 0 Å². The van der Waals surface area contributed by atoms with Gasteiger partial charge in [-0.15, -0.1) is 0 Å². The van der Waals surface area contributed by atoms with Crippen molar-refractivity contribution in [3.05, 3.63) is 0 Å². The highest BCUT2D eigenvalue weighted by atomic mass is 16.4. The highest BCUT2D eigenvalue weighted by molar-refractivity contribution is 5.80. The molecule has 2 heterocycles. The summed E-state index contributed by atoms with van der Waals surface area (Å²) in [6, 6.07) is 0. The molecule has 6 nitrogen and oxygen atoms in total. The van der Waals surface area contributed by atoms with Crippen molar-refractivity contribution >= 4 is 11.9 Å². The number of hydrogen-bond acceptors (Lipinski definition) is 4. The van der Waals surface area contributed by atoms with Crippen LogP contribution in [-0.2, 0) is 9.59 Å². The summed E-state index contributed by atoms with van der Waals surface area (Å²) in [5, 5.41) is 12.0. The minimum Gasteiger partial charge on any atom is -0.480 e. The van der Waals surface area contributed by atoms with E-state index in [1.54, 1.807) is 0 Å². The molecule has 0 bridgehead atoms. The Bertz CT molecular complexity index is 327. The summed E-state index contributed by atoms with van der Waals surface area (Å²) in [5.41, 5.74) is 0. The molecule has 0 aromatic heterocycles. The molecule has 102 valence electrons. The summed E-state index contributed by atoms with van der Waals surface area (Å²) in [6.45, 7) is 6.47. The number of carbonyl (C=O) groups excluding carboxylic acids is 1. The molecule has 0 aliphatic carbocycles. The molecule has 2 atom stereocenters. The number of carboxylic acids is 1. The van der Waals surface area contributed by atoms with E-state index in [0.717, 1.165) is 13.1 Å². The minimum atomic E-state index is -0.802. The van der Waals surface area contributed by atoms with E-state index in [0.29, 0.717) is 32.1 Å². The summed E-state index contributed by atoms with van der Waals surface area (Å²) in [5.74, 6) is -0.0866. The van der Waals surface area contributed by atoms with Crippen LogP contribution in [0.15, 0.2) is 0 Å². The number of aliphatic carboxylic acids is 1. The molecule has 2 saturated heterocycles. The SMILES string of the molecule is CC1CNCC1C(=O)N1CCN(CC(=O)O)CC1. The fraction of sp³-hybridized carbons (Fsp3) is 0.833. The van der Waals surface area contributed by atoms with Crippen molar-refractivity contribution in [3.8, 4) is 0 Å². The molecular formula is C12H21N3O3. The number of carbonyl (C=O) groups is 2. The Balaban J connectivity index is 1.82. The molecule has 0 aromatic rings. The Morgan fingerprint density at radius 3 is 2.39 bits per heavy atom. The summed E-state index contributed by atoms with van der Waals surface area (Å²) in [7, 11) is 0. The van der Waals surface area contributed by atoms with Crippen LogP contribution >= 0.6 is 0 Å². The predicted octanol–water partition coefficient (Wildman–Crippen LogP) is -0.929. The second kappa shape index (κ2) is 5.67. The number of carboxylic acid groups (broad SMARTS) is 1. The predicted molar refractivity (Wildman–Crippen MR) is 66.2 cm³/mol. The van der Waals surface area contributed by atoms with Crippen LogP contribution in [0.4, 0.5) is 0 Å². The Morgan fingerprint density at radius 2 is 1.89 bits per heavy atom. The van der Waals surface area contributed by atoms with Crippen molar-refractivity contribution in [2.45, 2.75) is 6.92 Å². The van der Waals surface area contributed by atoms with Gasteiger partial charge in [0.25, 0.3) is 0 Å². The van der Waals surface area contributed by atoms with Crippen LogP contribution in [0, 0.1) is 11.8 Å². The number of nitrogens with zero attached hydrogens (tertiary/aromatic N) is 2. The van der Waals surface area contributed by atoms with Crippen molar-refractivity contribution in [2.24, 2.45) is 11.8 Å². The van der Waals surface area contributed by atoms with Gasteiger partial charge in [0.1, 0.15) is 0 Å². The molecule has 6 heteroatoms. The lowest BCUT2D eigenvalue weighted by molar-refractivity contribution is -0.140. The Kier molecular flexibility index (Phi) is 4.19. The van der Waals surface area contributed by atoms with Gasteiger partial charge in [0, 0.05) is 32.7 Å². The summed E-state index contributed by atoms with van der Waals surface area (Å²) < 4.78 is 0. The quantitative estimate of drug-likeness (QED) is 0.682. The van der Waals surface area contributed by atoms with Crippen molar-refractivity contribution in [3.63, 3.8) is 0 Å². The number of nitrogens with one attached hydrogen (secondary N) is 1. The van der Waals surface area contributed by atoms with Gasteiger partial charge in [0.05, 0.1) is 12.5 Å². The lowest BCUT2D eigenvalue weighted by atomic mass is 9.96. The zero-order chi connectivity index (χ0) is 13.1. The van der Waals surface area contributed by atoms with Crippen LogP contribution < -0.4 is 5.32 Å². The maximum Gasteiger partial charge on any atom is 0.317 e. The zero-order valence-corrected chi connectivity index (χ0v) is 10.8. The third kappa shape index (κ3) is 3.00. The maximum atomic E-state index is 12.3. The van der Waals surface area contributed by atoms with E-state index in [1.807, 2.05) is 9.80 Å². The highest BCUT2D eigenvalue weighted by Gasteiger charge is 2.34. The van der Waals surface area contributed by atoms with Crippen LogP contribution in [0.5, 0.6) is 0 Å². The molecule has 0 aromatic carbocycles. The van der Waals surface area contributed by atoms with Crippen LogP contribution in [0.1, 0.15) is 6.92 Å². The first-order chi connectivity index (χ1) is 8.58. The molecule has 2 aliphatic heterocycles. The van der Waals surface area contributed by atoms with Gasteiger partial charge < -0.3 is 15.3 Å². The van der Waals surface area contributed by atoms with Gasteiger partial charge in [-0.25, -0.2) is 0 Å². The molecule has 1 amide bonds. The zero-order valence-electron chi connectivity index (χ0n) is 10.8. The van der Waals surface area contributed by atoms with E-state index < -0.39 is 5.97 Å². The molecule has 18 heavy (non-hydrogen) atoms. The van der Waals surface area contributed by atoms with Crippen LogP contribution in [0.2, 0.25) is 0 Å². The highest BCUT2D eigenvalue weighted by Crippen LogP contribution is 2.19. The van der Waals surface area contributed by atoms with Crippen LogP contribution in [-0.4, -0.2) is 72.6 Å². The molecule has 2 fully saturated rings. The lowest BCUT2D eigenvalue weighted by Crippen LogP contribution is -2.52. The number of piperazine rings is 1. The monoisotopic (exact) mass is 255 g/mol. The van der Waals surface area contributed by atoms with Gasteiger partial charge in [-0.05, 0) is 12.5 Å². The Morgan fingerprint density at radius 1 is 1.22 bits per heavy atom. The first kappa shape index (κ1) is 13.3. The topological polar surface area (TPSA) is 72.9 Å². The van der Waals surface area contributed by atoms with E-state index in [2.05, 4.69) is 12.2 Å². The van der Waals surface area contributed by atoms with Gasteiger partial charge in [-0.1, -0.05) is 6.92 Å². The standard InChI is InChI=1S/C12H21N3O3/c1-9-6-13-7-10(9)12(18)15-4-2-14(3-5-15)8-11(16)17/h9-10,13H,2-8H2,1H3,(H,16,17). The van der Waals surface area contributed by atoms with E-state index in [1.165, 1.54) is 0 Å². The molecule has 2 N–H and O–H groups in total. The van der Waals surface area contributed by atoms with E-state index in [-0.39, 0.29) is 18.4 Å². The molecule has 2 aliphatic rings. The summed E-state index contributed by atoms with van der Waals surface area (Å²) in [4.78, 5) is 26.7. The Labute approximate surface area is 107 Å². The van der Waals surface area contributed by atoms with E-state index in [9.17, 15) is 9.59 Å². The third-order valence-corrected chi connectivity index (χ3v) is 3.88. The van der Waals surface area contributed by atoms with Crippen molar-refractivity contribution in [2.75, 3.05) is 45.8 Å². The molecule has 2 rings (SSSR count). The first-order valence-electron chi connectivity index (χ1n) is 6.51. The summed E-state index contributed by atoms with van der Waals surface area (Å²) >= 11 is 0. The second-order valence-corrected chi connectivity index (χ2v) is 5.24. The maximum absolute atomic E-state index is 12.3. The van der Waals surface area contributed by atoms with Gasteiger partial charge in [0.2, 0.25) is 5.91 Å². The van der Waals surface area contributed by atoms with Gasteiger partial charge in [0.15, 0.2) is 0 Å². The van der Waals surface area contributed by atoms with Crippen molar-refractivity contribution in [1.82, 2.24) is 15.1 Å². The molecular weight excluding hydrogens is 234 g/mol. The number of hydrogen-bond donors (Lipinski definition) is 2. The molecule has 0 radical (unpaired) electrons. The smallest absolute Gasteiger partial charge is 0.317 e. The molecule has 0 saturated carbocycles. The lowest BCUT2D eigenvalue weighted by Gasteiger charge is -2.35. The first-order valence-corrected chi connectivity index (χ1v) is 6.51. The largest absolute Gasteiger partial charge is 0.480 e. The fourth-order valence-electron chi connectivity index (χ4n) is 2.69.